The number of rotatable bonds is 3. The fourth-order valence-electron chi connectivity index (χ4n) is 2.44. The summed E-state index contributed by atoms with van der Waals surface area (Å²) in [5, 5.41) is 3.08. The number of thiazole rings is 1. The van der Waals surface area contributed by atoms with E-state index in [0.29, 0.717) is 32.4 Å². The number of aromatic nitrogens is 1. The lowest BCUT2D eigenvalue weighted by Gasteiger charge is -2.07. The van der Waals surface area contributed by atoms with E-state index >= 15 is 0 Å². The first-order valence-corrected chi connectivity index (χ1v) is 8.69. The molecule has 0 bridgehead atoms. The number of aryl methyl sites for hydroxylation is 2. The van der Waals surface area contributed by atoms with Gasteiger partial charge in [0.2, 0.25) is 0 Å². The maximum atomic E-state index is 13.4. The molecule has 1 N–H and O–H groups in total. The Morgan fingerprint density at radius 1 is 1.07 bits per heavy atom. The molecule has 0 aliphatic heterocycles. The van der Waals surface area contributed by atoms with Gasteiger partial charge in [0.05, 0.1) is 11.3 Å². The summed E-state index contributed by atoms with van der Waals surface area (Å²) >= 11 is 1.07. The largest absolute Gasteiger partial charge is 0.416 e. The van der Waals surface area contributed by atoms with Crippen LogP contribution >= 0.6 is 11.3 Å². The van der Waals surface area contributed by atoms with Crippen LogP contribution in [0.2, 0.25) is 0 Å². The van der Waals surface area contributed by atoms with Gasteiger partial charge in [-0.25, -0.2) is 9.37 Å². The Labute approximate surface area is 156 Å². The minimum absolute atomic E-state index is 0.313. The number of hydrogen-bond acceptors (Lipinski definition) is 3. The van der Waals surface area contributed by atoms with E-state index in [1.165, 1.54) is 24.3 Å². The van der Waals surface area contributed by atoms with Crippen LogP contribution in [0.1, 0.15) is 26.5 Å². The number of carbonyl (C=O) groups excluding carboxylic acids is 1. The molecule has 0 spiro atoms. The van der Waals surface area contributed by atoms with Crippen molar-refractivity contribution in [2.45, 2.75) is 20.0 Å². The van der Waals surface area contributed by atoms with Gasteiger partial charge in [-0.2, -0.15) is 13.2 Å². The maximum absolute atomic E-state index is 13.4. The van der Waals surface area contributed by atoms with Gasteiger partial charge in [0, 0.05) is 11.3 Å². The topological polar surface area (TPSA) is 42.0 Å². The van der Waals surface area contributed by atoms with Gasteiger partial charge in [0.15, 0.2) is 0 Å². The standard InChI is InChI=1S/C19H14F4N2OS/c1-10-3-8-14(20)9-15(10)25-17(26)16-11(2)24-18(27-16)12-4-6-13(7-5-12)19(21,22)23/h3-9H,1-2H3,(H,25,26). The molecule has 0 fully saturated rings. The van der Waals surface area contributed by atoms with E-state index < -0.39 is 23.5 Å². The summed E-state index contributed by atoms with van der Waals surface area (Å²) in [7, 11) is 0. The van der Waals surface area contributed by atoms with Crippen molar-refractivity contribution in [3.8, 4) is 10.6 Å². The van der Waals surface area contributed by atoms with E-state index in [1.54, 1.807) is 19.9 Å². The van der Waals surface area contributed by atoms with Crippen molar-refractivity contribution in [3.63, 3.8) is 0 Å². The molecule has 0 unspecified atom stereocenters. The highest BCUT2D eigenvalue weighted by Crippen LogP contribution is 2.33. The summed E-state index contributed by atoms with van der Waals surface area (Å²) in [6.07, 6.45) is -4.41. The van der Waals surface area contributed by atoms with E-state index in [0.717, 1.165) is 23.5 Å². The van der Waals surface area contributed by atoms with Crippen LogP contribution in [0.5, 0.6) is 0 Å². The third kappa shape index (κ3) is 4.16. The van der Waals surface area contributed by atoms with Crippen LogP contribution in [-0.4, -0.2) is 10.9 Å². The molecule has 1 heterocycles. The lowest BCUT2D eigenvalue weighted by molar-refractivity contribution is -0.137. The lowest BCUT2D eigenvalue weighted by atomic mass is 10.1. The van der Waals surface area contributed by atoms with E-state index in [1.807, 2.05) is 0 Å². The van der Waals surface area contributed by atoms with E-state index in [9.17, 15) is 22.4 Å². The number of benzene rings is 2. The second kappa shape index (κ2) is 7.11. The Hall–Kier alpha value is -2.74. The molecule has 0 saturated heterocycles. The number of hydrogen-bond donors (Lipinski definition) is 1. The zero-order valence-electron chi connectivity index (χ0n) is 14.3. The molecule has 140 valence electrons. The van der Waals surface area contributed by atoms with Crippen LogP contribution in [0.4, 0.5) is 23.2 Å². The molecule has 1 amide bonds. The molecule has 3 aromatic rings. The number of alkyl halides is 3. The molecule has 3 rings (SSSR count). The van der Waals surface area contributed by atoms with Crippen LogP contribution in [-0.2, 0) is 6.18 Å². The molecule has 0 atom stereocenters. The highest BCUT2D eigenvalue weighted by Gasteiger charge is 2.30. The summed E-state index contributed by atoms with van der Waals surface area (Å²) in [4.78, 5) is 17.1. The van der Waals surface area contributed by atoms with Gasteiger partial charge in [0.25, 0.3) is 5.91 Å². The maximum Gasteiger partial charge on any atom is 0.416 e. The normalized spacial score (nSPS) is 11.5. The molecule has 1 aromatic heterocycles. The van der Waals surface area contributed by atoms with Gasteiger partial charge in [-0.3, -0.25) is 4.79 Å². The first-order valence-electron chi connectivity index (χ1n) is 7.87. The fourth-order valence-corrected chi connectivity index (χ4v) is 3.41. The Kier molecular flexibility index (Phi) is 5.01. The second-order valence-electron chi connectivity index (χ2n) is 5.92. The summed E-state index contributed by atoms with van der Waals surface area (Å²) in [6, 6.07) is 8.66. The monoisotopic (exact) mass is 394 g/mol. The van der Waals surface area contributed by atoms with Crippen molar-refractivity contribution in [2.24, 2.45) is 0 Å². The minimum atomic E-state index is -4.41. The van der Waals surface area contributed by atoms with Crippen LogP contribution in [0.15, 0.2) is 42.5 Å². The number of halogens is 4. The van der Waals surface area contributed by atoms with Crippen molar-refractivity contribution in [1.29, 1.82) is 0 Å². The predicted molar refractivity (Wildman–Crippen MR) is 96.4 cm³/mol. The van der Waals surface area contributed by atoms with Gasteiger partial charge in [-0.1, -0.05) is 18.2 Å². The first kappa shape index (κ1) is 19.0. The van der Waals surface area contributed by atoms with Crippen molar-refractivity contribution >= 4 is 22.9 Å². The van der Waals surface area contributed by atoms with E-state index in [-0.39, 0.29) is 0 Å². The molecule has 0 aliphatic rings. The van der Waals surface area contributed by atoms with Gasteiger partial charge in [-0.05, 0) is 43.7 Å². The minimum Gasteiger partial charge on any atom is -0.321 e. The smallest absolute Gasteiger partial charge is 0.321 e. The van der Waals surface area contributed by atoms with E-state index in [4.69, 9.17) is 0 Å². The Balaban J connectivity index is 1.86. The van der Waals surface area contributed by atoms with Gasteiger partial charge < -0.3 is 5.32 Å². The number of anilines is 1. The zero-order valence-corrected chi connectivity index (χ0v) is 15.1. The first-order chi connectivity index (χ1) is 12.6. The van der Waals surface area contributed by atoms with Crippen LogP contribution in [0.3, 0.4) is 0 Å². The third-order valence-corrected chi connectivity index (χ3v) is 5.12. The Morgan fingerprint density at radius 3 is 2.37 bits per heavy atom. The predicted octanol–water partition coefficient (Wildman–Crippen LogP) is 5.84. The molecular weight excluding hydrogens is 380 g/mol. The molecule has 3 nitrogen and oxygen atoms in total. The van der Waals surface area contributed by atoms with Crippen molar-refractivity contribution in [2.75, 3.05) is 5.32 Å². The molecule has 8 heteroatoms. The zero-order chi connectivity index (χ0) is 19.8. The molecule has 27 heavy (non-hydrogen) atoms. The number of amides is 1. The molecular formula is C19H14F4N2OS. The lowest BCUT2D eigenvalue weighted by Crippen LogP contribution is -2.12. The number of nitrogens with zero attached hydrogens (tertiary/aromatic N) is 1. The summed E-state index contributed by atoms with van der Waals surface area (Å²) < 4.78 is 51.4. The molecule has 0 aliphatic carbocycles. The number of nitrogens with one attached hydrogen (secondary N) is 1. The van der Waals surface area contributed by atoms with Crippen LogP contribution in [0.25, 0.3) is 10.6 Å². The number of carbonyl (C=O) groups is 1. The third-order valence-electron chi connectivity index (χ3n) is 3.91. The van der Waals surface area contributed by atoms with E-state index in [2.05, 4.69) is 10.3 Å². The van der Waals surface area contributed by atoms with Crippen LogP contribution in [0, 0.1) is 19.7 Å². The highest BCUT2D eigenvalue weighted by atomic mass is 32.1. The molecule has 0 radical (unpaired) electrons. The quantitative estimate of drug-likeness (QED) is 0.567. The molecule has 0 saturated carbocycles. The van der Waals surface area contributed by atoms with Gasteiger partial charge in [-0.15, -0.1) is 11.3 Å². The average molecular weight is 394 g/mol. The summed E-state index contributed by atoms with van der Waals surface area (Å²) in [5.41, 5.74) is 1.23. The highest BCUT2D eigenvalue weighted by molar-refractivity contribution is 7.17. The Morgan fingerprint density at radius 2 is 1.74 bits per heavy atom. The van der Waals surface area contributed by atoms with Crippen LogP contribution < -0.4 is 5.32 Å². The summed E-state index contributed by atoms with van der Waals surface area (Å²) in [5.74, 6) is -0.917. The fraction of sp³-hybridized carbons (Fsp3) is 0.158. The second-order valence-corrected chi connectivity index (χ2v) is 6.92. The Bertz CT molecular complexity index is 994. The van der Waals surface area contributed by atoms with Gasteiger partial charge in [0.1, 0.15) is 15.7 Å². The SMILES string of the molecule is Cc1ccc(F)cc1NC(=O)c1sc(-c2ccc(C(F)(F)F)cc2)nc1C. The molecule has 2 aromatic carbocycles. The van der Waals surface area contributed by atoms with Crippen molar-refractivity contribution in [3.05, 3.63) is 70.0 Å². The average Bonchev–Trinajstić information content (AvgIpc) is 2.99. The van der Waals surface area contributed by atoms with Crippen molar-refractivity contribution < 1.29 is 22.4 Å². The van der Waals surface area contributed by atoms with Gasteiger partial charge >= 0.3 is 6.18 Å². The summed E-state index contributed by atoms with van der Waals surface area (Å²) in [6.45, 7) is 3.37. The van der Waals surface area contributed by atoms with Crippen molar-refractivity contribution in [1.82, 2.24) is 4.98 Å².